The minimum absolute atomic E-state index is 0.210. The van der Waals surface area contributed by atoms with Crippen molar-refractivity contribution in [2.45, 2.75) is 96.4 Å². The molecule has 0 saturated heterocycles. The largest absolute Gasteiger partial charge is 0.327 e. The molecule has 0 amide bonds. The fraction of sp³-hybridized carbons (Fsp3) is 0.889. The molecule has 2 heteroatoms. The lowest BCUT2D eigenvalue weighted by molar-refractivity contribution is 0.534. The lowest BCUT2D eigenvalue weighted by Crippen LogP contribution is -2.16. The van der Waals surface area contributed by atoms with E-state index in [9.17, 15) is 0 Å². The predicted octanol–water partition coefficient (Wildman–Crippen LogP) is 4.92. The van der Waals surface area contributed by atoms with Crippen molar-refractivity contribution in [2.75, 3.05) is 6.54 Å². The van der Waals surface area contributed by atoms with Crippen LogP contribution in [-0.2, 0) is 0 Å². The Morgan fingerprint density at radius 3 is 1.65 bits per heavy atom. The first-order valence-corrected chi connectivity index (χ1v) is 8.93. The highest BCUT2D eigenvalue weighted by atomic mass is 14.6. The van der Waals surface area contributed by atoms with Gasteiger partial charge in [0.05, 0.1) is 0 Å². The number of nitrogens with two attached hydrogens (primary N) is 2. The fourth-order valence-electron chi connectivity index (χ4n) is 2.57. The third-order valence-corrected chi connectivity index (χ3v) is 3.91. The Kier molecular flexibility index (Phi) is 16.4. The molecule has 0 heterocycles. The van der Waals surface area contributed by atoms with Gasteiger partial charge < -0.3 is 11.5 Å². The molecule has 0 aromatic heterocycles. The van der Waals surface area contributed by atoms with Crippen LogP contribution in [0.3, 0.4) is 0 Å². The van der Waals surface area contributed by atoms with Gasteiger partial charge in [0.2, 0.25) is 0 Å². The van der Waals surface area contributed by atoms with Crippen molar-refractivity contribution < 1.29 is 0 Å². The Balaban J connectivity index is 3.08. The topological polar surface area (TPSA) is 52.0 Å². The SMILES string of the molecule is CCCCCCCCCCCCCCC(N)C=CCN. The van der Waals surface area contributed by atoms with Gasteiger partial charge in [-0.1, -0.05) is 96.1 Å². The average molecular weight is 283 g/mol. The van der Waals surface area contributed by atoms with E-state index in [2.05, 4.69) is 6.92 Å². The van der Waals surface area contributed by atoms with Crippen LogP contribution in [0.4, 0.5) is 0 Å². The minimum Gasteiger partial charge on any atom is -0.327 e. The van der Waals surface area contributed by atoms with Crippen molar-refractivity contribution in [2.24, 2.45) is 11.5 Å². The first kappa shape index (κ1) is 19.7. The number of hydrogen-bond donors (Lipinski definition) is 2. The number of unbranched alkanes of at least 4 members (excludes halogenated alkanes) is 11. The van der Waals surface area contributed by atoms with E-state index >= 15 is 0 Å². The third kappa shape index (κ3) is 15.7. The van der Waals surface area contributed by atoms with E-state index in [1.54, 1.807) is 0 Å². The third-order valence-electron chi connectivity index (χ3n) is 3.91. The van der Waals surface area contributed by atoms with Crippen LogP contribution in [0.15, 0.2) is 12.2 Å². The average Bonchev–Trinajstić information content (AvgIpc) is 2.46. The van der Waals surface area contributed by atoms with Crippen molar-refractivity contribution in [3.8, 4) is 0 Å². The summed E-state index contributed by atoms with van der Waals surface area (Å²) in [5.41, 5.74) is 11.4. The molecular weight excluding hydrogens is 244 g/mol. The maximum absolute atomic E-state index is 5.95. The second kappa shape index (κ2) is 16.7. The molecule has 0 aliphatic carbocycles. The Morgan fingerprint density at radius 2 is 1.20 bits per heavy atom. The Labute approximate surface area is 127 Å². The van der Waals surface area contributed by atoms with E-state index in [0.717, 1.165) is 6.42 Å². The quantitative estimate of drug-likeness (QED) is 0.331. The molecule has 120 valence electrons. The highest BCUT2D eigenvalue weighted by molar-refractivity contribution is 4.91. The second-order valence-corrected chi connectivity index (χ2v) is 6.01. The molecule has 0 saturated carbocycles. The summed E-state index contributed by atoms with van der Waals surface area (Å²) in [6.07, 6.45) is 21.9. The smallest absolute Gasteiger partial charge is 0.0224 e. The zero-order valence-corrected chi connectivity index (χ0v) is 13.8. The second-order valence-electron chi connectivity index (χ2n) is 6.01. The Hall–Kier alpha value is -0.340. The molecular formula is C18H38N2. The van der Waals surface area contributed by atoms with E-state index in [1.165, 1.54) is 77.0 Å². The Bertz CT molecular complexity index is 202. The summed E-state index contributed by atoms with van der Waals surface area (Å²) in [7, 11) is 0. The maximum Gasteiger partial charge on any atom is 0.0224 e. The van der Waals surface area contributed by atoms with Crippen LogP contribution in [-0.4, -0.2) is 12.6 Å². The van der Waals surface area contributed by atoms with E-state index < -0.39 is 0 Å². The van der Waals surface area contributed by atoms with Crippen molar-refractivity contribution in [1.82, 2.24) is 0 Å². The minimum atomic E-state index is 0.210. The van der Waals surface area contributed by atoms with Gasteiger partial charge in [-0.2, -0.15) is 0 Å². The van der Waals surface area contributed by atoms with Crippen LogP contribution < -0.4 is 11.5 Å². The monoisotopic (exact) mass is 282 g/mol. The van der Waals surface area contributed by atoms with E-state index in [0.29, 0.717) is 6.54 Å². The van der Waals surface area contributed by atoms with Crippen molar-refractivity contribution in [3.63, 3.8) is 0 Å². The summed E-state index contributed by atoms with van der Waals surface area (Å²) in [5.74, 6) is 0. The molecule has 0 radical (unpaired) electrons. The van der Waals surface area contributed by atoms with Crippen molar-refractivity contribution in [1.29, 1.82) is 0 Å². The Morgan fingerprint density at radius 1 is 0.750 bits per heavy atom. The van der Waals surface area contributed by atoms with Crippen LogP contribution in [0.2, 0.25) is 0 Å². The number of rotatable bonds is 15. The maximum atomic E-state index is 5.95. The van der Waals surface area contributed by atoms with Crippen LogP contribution in [0.5, 0.6) is 0 Å². The van der Waals surface area contributed by atoms with Gasteiger partial charge in [-0.25, -0.2) is 0 Å². The number of hydrogen-bond acceptors (Lipinski definition) is 2. The van der Waals surface area contributed by atoms with Crippen LogP contribution in [0.1, 0.15) is 90.4 Å². The molecule has 0 aromatic carbocycles. The molecule has 2 nitrogen and oxygen atoms in total. The lowest BCUT2D eigenvalue weighted by Gasteiger charge is -2.06. The van der Waals surface area contributed by atoms with Gasteiger partial charge in [0.15, 0.2) is 0 Å². The standard InChI is InChI=1S/C18H38N2/c1-2-3-4-5-6-7-8-9-10-11-12-13-15-18(20)16-14-17-19/h14,16,18H,2-13,15,17,19-20H2,1H3. The highest BCUT2D eigenvalue weighted by Crippen LogP contribution is 2.12. The zero-order chi connectivity index (χ0) is 14.9. The molecule has 1 unspecified atom stereocenters. The van der Waals surface area contributed by atoms with E-state index in [-0.39, 0.29) is 6.04 Å². The van der Waals surface area contributed by atoms with Crippen LogP contribution in [0.25, 0.3) is 0 Å². The van der Waals surface area contributed by atoms with Gasteiger partial charge >= 0.3 is 0 Å². The van der Waals surface area contributed by atoms with Crippen LogP contribution >= 0.6 is 0 Å². The highest BCUT2D eigenvalue weighted by Gasteiger charge is 1.97. The molecule has 0 aliphatic heterocycles. The van der Waals surface area contributed by atoms with Crippen molar-refractivity contribution in [3.05, 3.63) is 12.2 Å². The molecule has 0 aliphatic rings. The first-order valence-electron chi connectivity index (χ1n) is 8.93. The summed E-state index contributed by atoms with van der Waals surface area (Å²) in [6, 6.07) is 0.210. The van der Waals surface area contributed by atoms with Gasteiger partial charge in [0.1, 0.15) is 0 Å². The van der Waals surface area contributed by atoms with E-state index in [1.807, 2.05) is 12.2 Å². The first-order chi connectivity index (χ1) is 9.81. The van der Waals surface area contributed by atoms with Gasteiger partial charge in [-0.05, 0) is 6.42 Å². The van der Waals surface area contributed by atoms with Gasteiger partial charge in [-0.3, -0.25) is 0 Å². The van der Waals surface area contributed by atoms with Gasteiger partial charge in [0.25, 0.3) is 0 Å². The van der Waals surface area contributed by atoms with Crippen molar-refractivity contribution >= 4 is 0 Å². The normalized spacial score (nSPS) is 13.2. The summed E-state index contributed by atoms with van der Waals surface area (Å²) >= 11 is 0. The molecule has 0 fully saturated rings. The molecule has 0 aromatic rings. The summed E-state index contributed by atoms with van der Waals surface area (Å²) < 4.78 is 0. The summed E-state index contributed by atoms with van der Waals surface area (Å²) in [5, 5.41) is 0. The summed E-state index contributed by atoms with van der Waals surface area (Å²) in [4.78, 5) is 0. The van der Waals surface area contributed by atoms with Gasteiger partial charge in [-0.15, -0.1) is 0 Å². The molecule has 20 heavy (non-hydrogen) atoms. The van der Waals surface area contributed by atoms with E-state index in [4.69, 9.17) is 11.5 Å². The molecule has 0 bridgehead atoms. The predicted molar refractivity (Wildman–Crippen MR) is 91.9 cm³/mol. The molecule has 0 rings (SSSR count). The van der Waals surface area contributed by atoms with Crippen LogP contribution in [0, 0.1) is 0 Å². The molecule has 4 N–H and O–H groups in total. The molecule has 1 atom stereocenters. The molecule has 0 spiro atoms. The summed E-state index contributed by atoms with van der Waals surface area (Å²) in [6.45, 7) is 2.88. The zero-order valence-electron chi connectivity index (χ0n) is 13.8. The lowest BCUT2D eigenvalue weighted by atomic mass is 10.0. The fourth-order valence-corrected chi connectivity index (χ4v) is 2.57. The van der Waals surface area contributed by atoms with Gasteiger partial charge in [0, 0.05) is 12.6 Å².